The molecular weight excluding hydrogens is 487 g/mol. The molecule has 3 aromatic carbocycles. The first kappa shape index (κ1) is 26.6. The number of hydrogen-bond donors (Lipinski definition) is 1. The summed E-state index contributed by atoms with van der Waals surface area (Å²) < 4.78 is 30.0. The highest BCUT2D eigenvalue weighted by Gasteiger charge is 2.23. The third kappa shape index (κ3) is 7.06. The van der Waals surface area contributed by atoms with Crippen molar-refractivity contribution in [1.82, 2.24) is 10.3 Å². The second-order valence-corrected chi connectivity index (χ2v) is 8.62. The molecule has 1 unspecified atom stereocenters. The van der Waals surface area contributed by atoms with Crippen LogP contribution < -0.4 is 10.1 Å². The number of nitrogens with one attached hydrogen (secondary N) is 1. The van der Waals surface area contributed by atoms with Crippen molar-refractivity contribution >= 4 is 11.9 Å². The monoisotopic (exact) mass is 516 g/mol. The van der Waals surface area contributed by atoms with E-state index in [4.69, 9.17) is 13.9 Å². The van der Waals surface area contributed by atoms with Crippen LogP contribution in [0.1, 0.15) is 34.3 Å². The Hall–Kier alpha value is -4.46. The summed E-state index contributed by atoms with van der Waals surface area (Å²) >= 11 is 0. The van der Waals surface area contributed by atoms with Gasteiger partial charge in [-0.25, -0.2) is 14.2 Å². The number of carbonyl (C=O) groups excluding carboxylic acids is 2. The van der Waals surface area contributed by atoms with Gasteiger partial charge < -0.3 is 19.2 Å². The highest BCUT2D eigenvalue weighted by atomic mass is 19.1. The van der Waals surface area contributed by atoms with Gasteiger partial charge in [-0.15, -0.1) is 0 Å². The highest BCUT2D eigenvalue weighted by Crippen LogP contribution is 2.22. The largest absolute Gasteiger partial charge is 0.493 e. The van der Waals surface area contributed by atoms with Gasteiger partial charge in [-0.1, -0.05) is 30.3 Å². The van der Waals surface area contributed by atoms with Crippen molar-refractivity contribution in [3.05, 3.63) is 107 Å². The Bertz CT molecular complexity index is 1350. The maximum atomic E-state index is 13.2. The fourth-order valence-electron chi connectivity index (χ4n) is 3.87. The van der Waals surface area contributed by atoms with E-state index in [0.29, 0.717) is 24.7 Å². The van der Waals surface area contributed by atoms with E-state index in [1.807, 2.05) is 61.5 Å². The number of ether oxygens (including phenoxy) is 2. The van der Waals surface area contributed by atoms with E-state index in [2.05, 4.69) is 10.3 Å². The van der Waals surface area contributed by atoms with Gasteiger partial charge in [0.1, 0.15) is 23.4 Å². The Kier molecular flexibility index (Phi) is 8.87. The summed E-state index contributed by atoms with van der Waals surface area (Å²) in [5.74, 6) is 0.545. The summed E-state index contributed by atoms with van der Waals surface area (Å²) in [4.78, 5) is 29.7. The maximum Gasteiger partial charge on any atom is 0.328 e. The van der Waals surface area contributed by atoms with Crippen LogP contribution in [-0.4, -0.2) is 36.1 Å². The zero-order chi connectivity index (χ0) is 26.9. The van der Waals surface area contributed by atoms with Crippen molar-refractivity contribution in [2.24, 2.45) is 0 Å². The van der Waals surface area contributed by atoms with Crippen LogP contribution in [0.25, 0.3) is 11.5 Å². The highest BCUT2D eigenvalue weighted by molar-refractivity contribution is 5.96. The Morgan fingerprint density at radius 2 is 1.71 bits per heavy atom. The zero-order valence-electron chi connectivity index (χ0n) is 21.3. The molecule has 0 bridgehead atoms. The van der Waals surface area contributed by atoms with Crippen LogP contribution in [0.2, 0.25) is 0 Å². The van der Waals surface area contributed by atoms with Crippen LogP contribution in [0.3, 0.4) is 0 Å². The number of carbonyl (C=O) groups is 2. The molecule has 0 aliphatic carbocycles. The topological polar surface area (TPSA) is 90.7 Å². The predicted molar refractivity (Wildman–Crippen MR) is 140 cm³/mol. The number of aryl methyl sites for hydroxylation is 1. The summed E-state index contributed by atoms with van der Waals surface area (Å²) in [6.45, 7) is 4.19. The van der Waals surface area contributed by atoms with Gasteiger partial charge in [-0.2, -0.15) is 0 Å². The Morgan fingerprint density at radius 1 is 1.00 bits per heavy atom. The molecule has 4 rings (SSSR count). The number of aromatic nitrogens is 1. The fraction of sp³-hybridized carbons (Fsp3) is 0.233. The molecular formula is C30H29FN2O5. The molecule has 196 valence electrons. The van der Waals surface area contributed by atoms with Crippen LogP contribution in [0, 0.1) is 12.7 Å². The predicted octanol–water partition coefficient (Wildman–Crippen LogP) is 5.31. The summed E-state index contributed by atoms with van der Waals surface area (Å²) in [5.41, 5.74) is 2.83. The van der Waals surface area contributed by atoms with Crippen molar-refractivity contribution in [2.45, 2.75) is 32.7 Å². The average Bonchev–Trinajstić information content (AvgIpc) is 3.30. The van der Waals surface area contributed by atoms with Gasteiger partial charge in [0.25, 0.3) is 5.91 Å². The second kappa shape index (κ2) is 12.7. The third-order valence-electron chi connectivity index (χ3n) is 5.87. The van der Waals surface area contributed by atoms with Gasteiger partial charge in [0, 0.05) is 24.0 Å². The van der Waals surface area contributed by atoms with E-state index < -0.39 is 23.7 Å². The zero-order valence-corrected chi connectivity index (χ0v) is 21.3. The molecule has 1 N–H and O–H groups in total. The van der Waals surface area contributed by atoms with Crippen molar-refractivity contribution in [3.8, 4) is 17.2 Å². The first-order valence-electron chi connectivity index (χ1n) is 12.4. The van der Waals surface area contributed by atoms with E-state index in [-0.39, 0.29) is 18.6 Å². The lowest BCUT2D eigenvalue weighted by atomic mass is 10.0. The molecule has 0 aliphatic heterocycles. The number of amides is 1. The first-order chi connectivity index (χ1) is 18.4. The molecule has 1 atom stereocenters. The van der Waals surface area contributed by atoms with Crippen molar-refractivity contribution in [2.75, 3.05) is 13.2 Å². The summed E-state index contributed by atoms with van der Waals surface area (Å²) in [6, 6.07) is 21.2. The minimum atomic E-state index is -0.895. The smallest absolute Gasteiger partial charge is 0.328 e. The average molecular weight is 517 g/mol. The van der Waals surface area contributed by atoms with Crippen LogP contribution >= 0.6 is 0 Å². The SMILES string of the molecule is CCOC(=O)C(Cc1ccc(OCCc2nc(-c3ccccc3)oc2C)cc1)NC(=O)c1ccc(F)cc1. The lowest BCUT2D eigenvalue weighted by Crippen LogP contribution is -2.43. The fourth-order valence-corrected chi connectivity index (χ4v) is 3.87. The molecule has 0 fully saturated rings. The van der Waals surface area contributed by atoms with Gasteiger partial charge in [0.05, 0.1) is 18.9 Å². The van der Waals surface area contributed by atoms with Gasteiger partial charge in [0.2, 0.25) is 5.89 Å². The normalized spacial score (nSPS) is 11.6. The lowest BCUT2D eigenvalue weighted by molar-refractivity contribution is -0.145. The van der Waals surface area contributed by atoms with E-state index in [1.54, 1.807) is 6.92 Å². The number of benzene rings is 3. The van der Waals surface area contributed by atoms with Crippen LogP contribution in [0.5, 0.6) is 5.75 Å². The molecule has 0 saturated heterocycles. The van der Waals surface area contributed by atoms with Crippen molar-refractivity contribution < 1.29 is 27.9 Å². The van der Waals surface area contributed by atoms with Crippen molar-refractivity contribution in [1.29, 1.82) is 0 Å². The van der Waals surface area contributed by atoms with Gasteiger partial charge in [-0.05, 0) is 67.9 Å². The van der Waals surface area contributed by atoms with Gasteiger partial charge >= 0.3 is 5.97 Å². The minimum absolute atomic E-state index is 0.187. The Morgan fingerprint density at radius 3 is 2.39 bits per heavy atom. The molecule has 7 nitrogen and oxygen atoms in total. The Balaban J connectivity index is 1.33. The molecule has 8 heteroatoms. The van der Waals surface area contributed by atoms with Crippen molar-refractivity contribution in [3.63, 3.8) is 0 Å². The number of rotatable bonds is 11. The summed E-state index contributed by atoms with van der Waals surface area (Å²) in [6.07, 6.45) is 0.816. The van der Waals surface area contributed by atoms with E-state index in [1.165, 1.54) is 24.3 Å². The molecule has 38 heavy (non-hydrogen) atoms. The van der Waals surface area contributed by atoms with Gasteiger partial charge in [0.15, 0.2) is 0 Å². The molecule has 0 spiro atoms. The molecule has 4 aromatic rings. The molecule has 0 radical (unpaired) electrons. The number of hydrogen-bond acceptors (Lipinski definition) is 6. The standard InChI is InChI=1S/C30H29FN2O5/c1-3-36-30(35)27(32-28(34)22-11-13-24(31)14-12-22)19-21-9-15-25(16-10-21)37-18-17-26-20(2)38-29(33-26)23-7-5-4-6-8-23/h4-16,27H,3,17-19H2,1-2H3,(H,32,34). The van der Waals surface area contributed by atoms with E-state index >= 15 is 0 Å². The van der Waals surface area contributed by atoms with Crippen LogP contribution in [-0.2, 0) is 22.4 Å². The Labute approximate surface area is 220 Å². The number of oxazole rings is 1. The number of esters is 1. The van der Waals surface area contributed by atoms with E-state index in [0.717, 1.165) is 22.6 Å². The third-order valence-corrected chi connectivity index (χ3v) is 5.87. The lowest BCUT2D eigenvalue weighted by Gasteiger charge is -2.18. The van der Waals surface area contributed by atoms with Crippen LogP contribution in [0.15, 0.2) is 83.3 Å². The van der Waals surface area contributed by atoms with Crippen LogP contribution in [0.4, 0.5) is 4.39 Å². The molecule has 1 amide bonds. The molecule has 1 aromatic heterocycles. The minimum Gasteiger partial charge on any atom is -0.493 e. The number of halogens is 1. The maximum absolute atomic E-state index is 13.2. The first-order valence-corrected chi connectivity index (χ1v) is 12.4. The van der Waals surface area contributed by atoms with Gasteiger partial charge in [-0.3, -0.25) is 4.79 Å². The summed E-state index contributed by atoms with van der Waals surface area (Å²) in [7, 11) is 0. The second-order valence-electron chi connectivity index (χ2n) is 8.62. The number of nitrogens with zero attached hydrogens (tertiary/aromatic N) is 1. The molecule has 0 saturated carbocycles. The summed E-state index contributed by atoms with van der Waals surface area (Å²) in [5, 5.41) is 2.69. The quantitative estimate of drug-likeness (QED) is 0.272. The molecule has 1 heterocycles. The van der Waals surface area contributed by atoms with E-state index in [9.17, 15) is 14.0 Å². The molecule has 0 aliphatic rings.